The monoisotopic (exact) mass is 282 g/mol. The number of carbonyl (C=O) groups excluding carboxylic acids is 1. The average molecular weight is 282 g/mol. The number of fused-ring (bicyclic) bond motifs is 1. The molecule has 4 heteroatoms. The fourth-order valence-electron chi connectivity index (χ4n) is 2.27. The maximum absolute atomic E-state index is 12.4. The van der Waals surface area contributed by atoms with Crippen LogP contribution < -0.4 is 9.47 Å². The molecule has 0 aromatic heterocycles. The van der Waals surface area contributed by atoms with E-state index < -0.39 is 0 Å². The van der Waals surface area contributed by atoms with E-state index in [1.54, 1.807) is 49.6 Å². The maximum Gasteiger partial charge on any atom is 0.232 e. The van der Waals surface area contributed by atoms with Crippen LogP contribution >= 0.6 is 0 Å². The Morgan fingerprint density at radius 3 is 2.52 bits per heavy atom. The molecule has 3 rings (SSSR count). The number of ketones is 1. The van der Waals surface area contributed by atoms with E-state index in [1.165, 1.54) is 0 Å². The van der Waals surface area contributed by atoms with Gasteiger partial charge in [-0.15, -0.1) is 0 Å². The summed E-state index contributed by atoms with van der Waals surface area (Å²) in [5.41, 5.74) is 2.09. The lowest BCUT2D eigenvalue weighted by molar-refractivity contribution is 0.101. The molecule has 2 aromatic carbocycles. The molecule has 1 heterocycles. The van der Waals surface area contributed by atoms with Crippen molar-refractivity contribution in [3.05, 3.63) is 59.4 Å². The van der Waals surface area contributed by atoms with Crippen molar-refractivity contribution in [2.75, 3.05) is 7.11 Å². The normalized spacial score (nSPS) is 15.4. The summed E-state index contributed by atoms with van der Waals surface area (Å²) in [7, 11) is 1.57. The van der Waals surface area contributed by atoms with Gasteiger partial charge in [-0.3, -0.25) is 4.79 Å². The first-order chi connectivity index (χ1) is 10.1. The SMILES string of the molecule is COc1ccc2c(c1)OC(=C(C)c1ccc(O)cc1)C2=O. The van der Waals surface area contributed by atoms with Gasteiger partial charge in [-0.1, -0.05) is 12.1 Å². The summed E-state index contributed by atoms with van der Waals surface area (Å²) in [6.07, 6.45) is 0. The van der Waals surface area contributed by atoms with Crippen LogP contribution in [0.4, 0.5) is 0 Å². The number of aromatic hydroxyl groups is 1. The van der Waals surface area contributed by atoms with Crippen molar-refractivity contribution in [3.8, 4) is 17.2 Å². The molecule has 0 atom stereocenters. The highest BCUT2D eigenvalue weighted by molar-refractivity contribution is 6.16. The van der Waals surface area contributed by atoms with E-state index in [9.17, 15) is 9.90 Å². The Balaban J connectivity index is 2.03. The minimum absolute atomic E-state index is 0.141. The third kappa shape index (κ3) is 2.25. The summed E-state index contributed by atoms with van der Waals surface area (Å²) in [4.78, 5) is 12.4. The molecule has 0 bridgehead atoms. The second-order valence-electron chi connectivity index (χ2n) is 4.79. The Kier molecular flexibility index (Phi) is 3.14. The van der Waals surface area contributed by atoms with Crippen molar-refractivity contribution in [2.24, 2.45) is 0 Å². The van der Waals surface area contributed by atoms with Gasteiger partial charge < -0.3 is 14.6 Å². The first-order valence-electron chi connectivity index (χ1n) is 6.51. The van der Waals surface area contributed by atoms with Crippen molar-refractivity contribution in [1.29, 1.82) is 0 Å². The Bertz CT molecular complexity index is 742. The first kappa shape index (κ1) is 13.2. The zero-order chi connectivity index (χ0) is 15.0. The summed E-state index contributed by atoms with van der Waals surface area (Å²) < 4.78 is 10.8. The van der Waals surface area contributed by atoms with Gasteiger partial charge in [-0.25, -0.2) is 0 Å². The van der Waals surface area contributed by atoms with Crippen molar-refractivity contribution < 1.29 is 19.4 Å². The van der Waals surface area contributed by atoms with Gasteiger partial charge in [0.15, 0.2) is 5.76 Å². The number of rotatable bonds is 2. The van der Waals surface area contributed by atoms with E-state index in [4.69, 9.17) is 9.47 Å². The summed E-state index contributed by atoms with van der Waals surface area (Å²) >= 11 is 0. The first-order valence-corrected chi connectivity index (χ1v) is 6.51. The minimum atomic E-state index is -0.141. The third-order valence-electron chi connectivity index (χ3n) is 3.49. The van der Waals surface area contributed by atoms with Gasteiger partial charge in [0.1, 0.15) is 17.2 Å². The van der Waals surface area contributed by atoms with E-state index in [0.29, 0.717) is 22.8 Å². The lowest BCUT2D eigenvalue weighted by Crippen LogP contribution is -2.01. The van der Waals surface area contributed by atoms with E-state index in [2.05, 4.69) is 0 Å². The summed E-state index contributed by atoms with van der Waals surface area (Å²) in [5.74, 6) is 1.50. The maximum atomic E-state index is 12.4. The molecule has 0 unspecified atom stereocenters. The smallest absolute Gasteiger partial charge is 0.232 e. The molecule has 0 saturated heterocycles. The lowest BCUT2D eigenvalue weighted by Gasteiger charge is -2.06. The lowest BCUT2D eigenvalue weighted by atomic mass is 10.0. The standard InChI is InChI=1S/C17H14O4/c1-10(11-3-5-12(18)6-4-11)17-16(19)14-8-7-13(20-2)9-15(14)21-17/h3-9,18H,1-2H3. The number of carbonyl (C=O) groups is 1. The topological polar surface area (TPSA) is 55.8 Å². The third-order valence-corrected chi connectivity index (χ3v) is 3.49. The molecule has 1 N–H and O–H groups in total. The predicted molar refractivity (Wildman–Crippen MR) is 78.7 cm³/mol. The van der Waals surface area contributed by atoms with Crippen LogP contribution in [0, 0.1) is 0 Å². The Morgan fingerprint density at radius 2 is 1.86 bits per heavy atom. The van der Waals surface area contributed by atoms with Gasteiger partial charge in [0.2, 0.25) is 5.78 Å². The molecule has 21 heavy (non-hydrogen) atoms. The molecule has 106 valence electrons. The largest absolute Gasteiger partial charge is 0.508 e. The molecule has 4 nitrogen and oxygen atoms in total. The van der Waals surface area contributed by atoms with Crippen LogP contribution in [0.5, 0.6) is 17.2 Å². The molecule has 0 fully saturated rings. The van der Waals surface area contributed by atoms with Crippen LogP contribution in [0.2, 0.25) is 0 Å². The molecule has 0 saturated carbocycles. The van der Waals surface area contributed by atoms with Crippen LogP contribution in [0.25, 0.3) is 5.57 Å². The number of methoxy groups -OCH3 is 1. The predicted octanol–water partition coefficient (Wildman–Crippen LogP) is 3.41. The van der Waals surface area contributed by atoms with Crippen molar-refractivity contribution in [3.63, 3.8) is 0 Å². The Morgan fingerprint density at radius 1 is 1.14 bits per heavy atom. The van der Waals surface area contributed by atoms with Crippen LogP contribution in [-0.2, 0) is 0 Å². The minimum Gasteiger partial charge on any atom is -0.508 e. The molecule has 1 aliphatic heterocycles. The Hall–Kier alpha value is -2.75. The molecule has 2 aromatic rings. The number of allylic oxidation sites excluding steroid dienone is 2. The molecule has 0 radical (unpaired) electrons. The van der Waals surface area contributed by atoms with Gasteiger partial charge in [-0.05, 0) is 36.8 Å². The number of phenolic OH excluding ortho intramolecular Hbond substituents is 1. The summed E-state index contributed by atoms with van der Waals surface area (Å²) in [5, 5.41) is 9.33. The zero-order valence-corrected chi connectivity index (χ0v) is 11.7. The fraction of sp³-hybridized carbons (Fsp3) is 0.118. The summed E-state index contributed by atoms with van der Waals surface area (Å²) in [6.45, 7) is 1.82. The number of Topliss-reactive ketones (excluding diaryl/α,β-unsaturated/α-hetero) is 1. The second kappa shape index (κ2) is 4.98. The van der Waals surface area contributed by atoms with Crippen LogP contribution in [-0.4, -0.2) is 18.0 Å². The zero-order valence-electron chi connectivity index (χ0n) is 11.7. The number of ether oxygens (including phenoxy) is 2. The number of hydrogen-bond donors (Lipinski definition) is 1. The van der Waals surface area contributed by atoms with Gasteiger partial charge >= 0.3 is 0 Å². The molecule has 1 aliphatic rings. The van der Waals surface area contributed by atoms with Crippen LogP contribution in [0.1, 0.15) is 22.8 Å². The number of benzene rings is 2. The molecule has 0 aliphatic carbocycles. The van der Waals surface area contributed by atoms with E-state index in [1.807, 2.05) is 6.92 Å². The van der Waals surface area contributed by atoms with Gasteiger partial charge in [0, 0.05) is 11.6 Å². The molecular weight excluding hydrogens is 268 g/mol. The van der Waals surface area contributed by atoms with Gasteiger partial charge in [0.25, 0.3) is 0 Å². The highest BCUT2D eigenvalue weighted by Crippen LogP contribution is 2.37. The van der Waals surface area contributed by atoms with Gasteiger partial charge in [-0.2, -0.15) is 0 Å². The Labute approximate surface area is 122 Å². The van der Waals surface area contributed by atoms with E-state index in [-0.39, 0.29) is 11.5 Å². The second-order valence-corrected chi connectivity index (χ2v) is 4.79. The average Bonchev–Trinajstić information content (AvgIpc) is 2.83. The fourth-order valence-corrected chi connectivity index (χ4v) is 2.27. The van der Waals surface area contributed by atoms with E-state index >= 15 is 0 Å². The molecule has 0 spiro atoms. The van der Waals surface area contributed by atoms with Crippen molar-refractivity contribution in [2.45, 2.75) is 6.92 Å². The van der Waals surface area contributed by atoms with Crippen LogP contribution in [0.3, 0.4) is 0 Å². The number of phenols is 1. The molecular formula is C17H14O4. The van der Waals surface area contributed by atoms with Gasteiger partial charge in [0.05, 0.1) is 12.7 Å². The quantitative estimate of drug-likeness (QED) is 0.858. The van der Waals surface area contributed by atoms with E-state index in [0.717, 1.165) is 11.1 Å². The summed E-state index contributed by atoms with van der Waals surface area (Å²) in [6, 6.07) is 11.8. The number of hydrogen-bond acceptors (Lipinski definition) is 4. The van der Waals surface area contributed by atoms with Crippen LogP contribution in [0.15, 0.2) is 48.2 Å². The van der Waals surface area contributed by atoms with Crippen molar-refractivity contribution >= 4 is 11.4 Å². The molecule has 0 amide bonds. The highest BCUT2D eigenvalue weighted by atomic mass is 16.5. The van der Waals surface area contributed by atoms with Crippen molar-refractivity contribution in [1.82, 2.24) is 0 Å². The highest BCUT2D eigenvalue weighted by Gasteiger charge is 2.29.